The van der Waals surface area contributed by atoms with E-state index in [1.54, 1.807) is 16.8 Å². The molecule has 0 aliphatic heterocycles. The Morgan fingerprint density at radius 1 is 1.14 bits per heavy atom. The summed E-state index contributed by atoms with van der Waals surface area (Å²) in [4.78, 5) is 0. The first-order valence-corrected chi connectivity index (χ1v) is 6.59. The van der Waals surface area contributed by atoms with Crippen LogP contribution in [0.2, 0.25) is 0 Å². The Labute approximate surface area is 122 Å². The molecule has 3 rings (SSSR count). The van der Waals surface area contributed by atoms with E-state index in [1.165, 1.54) is 0 Å². The number of aryl methyl sites for hydroxylation is 1. The van der Waals surface area contributed by atoms with E-state index < -0.39 is 0 Å². The van der Waals surface area contributed by atoms with Crippen molar-refractivity contribution in [2.24, 2.45) is 0 Å². The topological polar surface area (TPSA) is 75.9 Å². The molecule has 0 radical (unpaired) electrons. The first-order chi connectivity index (χ1) is 10.2. The molecule has 0 saturated carbocycles. The molecule has 21 heavy (non-hydrogen) atoms. The number of tetrazole rings is 1. The van der Waals surface area contributed by atoms with Gasteiger partial charge in [-0.1, -0.05) is 18.2 Å². The molecule has 0 aliphatic carbocycles. The van der Waals surface area contributed by atoms with E-state index in [0.29, 0.717) is 6.54 Å². The summed E-state index contributed by atoms with van der Waals surface area (Å²) < 4.78 is 1.69. The van der Waals surface area contributed by atoms with E-state index in [4.69, 9.17) is 0 Å². The molecule has 6 heteroatoms. The van der Waals surface area contributed by atoms with Gasteiger partial charge in [0.05, 0.1) is 5.69 Å². The first-order valence-electron chi connectivity index (χ1n) is 6.59. The van der Waals surface area contributed by atoms with Gasteiger partial charge in [-0.2, -0.15) is 4.68 Å². The van der Waals surface area contributed by atoms with Gasteiger partial charge in [0, 0.05) is 12.2 Å². The van der Waals surface area contributed by atoms with Crippen molar-refractivity contribution in [1.82, 2.24) is 20.2 Å². The van der Waals surface area contributed by atoms with Gasteiger partial charge in [0.1, 0.15) is 5.75 Å². The normalized spacial score (nSPS) is 10.5. The molecule has 6 nitrogen and oxygen atoms in total. The van der Waals surface area contributed by atoms with Crippen molar-refractivity contribution in [2.75, 3.05) is 5.32 Å². The van der Waals surface area contributed by atoms with Crippen molar-refractivity contribution in [3.05, 3.63) is 59.9 Å². The molecule has 2 N–H and O–H groups in total. The van der Waals surface area contributed by atoms with E-state index in [0.717, 1.165) is 22.8 Å². The summed E-state index contributed by atoms with van der Waals surface area (Å²) in [6.07, 6.45) is 0. The standard InChI is InChI=1S/C15H15N5O/c1-11-17-18-19-20(11)14-4-2-3-13(9-14)16-10-12-5-7-15(21)8-6-12/h2-9,16,21H,10H2,1H3. The fourth-order valence-electron chi connectivity index (χ4n) is 2.04. The lowest BCUT2D eigenvalue weighted by molar-refractivity contribution is 0.475. The van der Waals surface area contributed by atoms with Gasteiger partial charge in [-0.25, -0.2) is 0 Å². The Kier molecular flexibility index (Phi) is 3.51. The third-order valence-corrected chi connectivity index (χ3v) is 3.15. The number of benzene rings is 2. The monoisotopic (exact) mass is 281 g/mol. The van der Waals surface area contributed by atoms with Gasteiger partial charge in [-0.05, 0) is 53.2 Å². The highest BCUT2D eigenvalue weighted by molar-refractivity contribution is 5.51. The van der Waals surface area contributed by atoms with Crippen molar-refractivity contribution >= 4 is 5.69 Å². The number of nitrogens with zero attached hydrogens (tertiary/aromatic N) is 4. The molecule has 106 valence electrons. The zero-order valence-electron chi connectivity index (χ0n) is 11.6. The van der Waals surface area contributed by atoms with Gasteiger partial charge < -0.3 is 10.4 Å². The minimum atomic E-state index is 0.273. The van der Waals surface area contributed by atoms with Crippen LogP contribution >= 0.6 is 0 Å². The minimum Gasteiger partial charge on any atom is -0.508 e. The molecular weight excluding hydrogens is 266 g/mol. The minimum absolute atomic E-state index is 0.273. The van der Waals surface area contributed by atoms with Crippen LogP contribution < -0.4 is 5.32 Å². The summed E-state index contributed by atoms with van der Waals surface area (Å²) in [5.41, 5.74) is 2.99. The van der Waals surface area contributed by atoms with Crippen LogP contribution in [0.3, 0.4) is 0 Å². The maximum atomic E-state index is 9.27. The number of aromatic nitrogens is 4. The lowest BCUT2D eigenvalue weighted by atomic mass is 10.2. The Morgan fingerprint density at radius 3 is 2.67 bits per heavy atom. The average Bonchev–Trinajstić information content (AvgIpc) is 2.93. The lowest BCUT2D eigenvalue weighted by Gasteiger charge is -2.09. The lowest BCUT2D eigenvalue weighted by Crippen LogP contribution is -2.02. The van der Waals surface area contributed by atoms with Crippen LogP contribution in [0.15, 0.2) is 48.5 Å². The number of rotatable bonds is 4. The number of anilines is 1. The predicted octanol–water partition coefficient (Wildman–Crippen LogP) is 2.29. The van der Waals surface area contributed by atoms with Gasteiger partial charge in [0.25, 0.3) is 0 Å². The summed E-state index contributed by atoms with van der Waals surface area (Å²) in [5.74, 6) is 1.01. The largest absolute Gasteiger partial charge is 0.508 e. The molecular formula is C15H15N5O. The Bertz CT molecular complexity index is 736. The van der Waals surface area contributed by atoms with Crippen LogP contribution in [0.25, 0.3) is 5.69 Å². The van der Waals surface area contributed by atoms with E-state index in [2.05, 4.69) is 20.8 Å². The molecule has 3 aromatic rings. The summed E-state index contributed by atoms with van der Waals surface area (Å²) >= 11 is 0. The molecule has 0 fully saturated rings. The van der Waals surface area contributed by atoms with Crippen molar-refractivity contribution < 1.29 is 5.11 Å². The third kappa shape index (κ3) is 3.00. The number of hydrogen-bond donors (Lipinski definition) is 2. The second-order valence-corrected chi connectivity index (χ2v) is 4.71. The first kappa shape index (κ1) is 13.1. The summed E-state index contributed by atoms with van der Waals surface area (Å²) in [5, 5.41) is 24.1. The summed E-state index contributed by atoms with van der Waals surface area (Å²) in [6.45, 7) is 2.54. The second-order valence-electron chi connectivity index (χ2n) is 4.71. The van der Waals surface area contributed by atoms with Gasteiger partial charge in [-0.3, -0.25) is 0 Å². The van der Waals surface area contributed by atoms with Gasteiger partial charge >= 0.3 is 0 Å². The highest BCUT2D eigenvalue weighted by atomic mass is 16.3. The Balaban J connectivity index is 1.74. The maximum Gasteiger partial charge on any atom is 0.153 e. The van der Waals surface area contributed by atoms with E-state index in [9.17, 15) is 5.11 Å². The van der Waals surface area contributed by atoms with Gasteiger partial charge in [0.15, 0.2) is 5.82 Å². The van der Waals surface area contributed by atoms with E-state index >= 15 is 0 Å². The second kappa shape index (κ2) is 5.62. The molecule has 0 amide bonds. The number of aromatic hydroxyl groups is 1. The van der Waals surface area contributed by atoms with Crippen LogP contribution in [0.5, 0.6) is 5.75 Å². The fraction of sp³-hybridized carbons (Fsp3) is 0.133. The fourth-order valence-corrected chi connectivity index (χ4v) is 2.04. The van der Waals surface area contributed by atoms with Gasteiger partial charge in [0.2, 0.25) is 0 Å². The summed E-state index contributed by atoms with van der Waals surface area (Å²) in [6, 6.07) is 15.0. The number of nitrogens with one attached hydrogen (secondary N) is 1. The maximum absolute atomic E-state index is 9.27. The molecule has 0 aliphatic rings. The highest BCUT2D eigenvalue weighted by Crippen LogP contribution is 2.16. The van der Waals surface area contributed by atoms with Crippen molar-refractivity contribution in [2.45, 2.75) is 13.5 Å². The number of phenolic OH excluding ortho intramolecular Hbond substituents is 1. The number of phenols is 1. The van der Waals surface area contributed by atoms with E-state index in [1.807, 2.05) is 43.3 Å². The van der Waals surface area contributed by atoms with Crippen molar-refractivity contribution in [3.63, 3.8) is 0 Å². The molecule has 0 saturated heterocycles. The molecule has 0 bridgehead atoms. The SMILES string of the molecule is Cc1nnnn1-c1cccc(NCc2ccc(O)cc2)c1. The van der Waals surface area contributed by atoms with Crippen LogP contribution in [-0.4, -0.2) is 25.3 Å². The van der Waals surface area contributed by atoms with Crippen LogP contribution in [0.1, 0.15) is 11.4 Å². The molecule has 0 spiro atoms. The smallest absolute Gasteiger partial charge is 0.153 e. The van der Waals surface area contributed by atoms with Crippen LogP contribution in [0.4, 0.5) is 5.69 Å². The zero-order chi connectivity index (χ0) is 14.7. The molecule has 1 aromatic heterocycles. The quantitative estimate of drug-likeness (QED) is 0.767. The van der Waals surface area contributed by atoms with Crippen LogP contribution in [-0.2, 0) is 6.54 Å². The van der Waals surface area contributed by atoms with Gasteiger partial charge in [-0.15, -0.1) is 5.10 Å². The molecule has 1 heterocycles. The summed E-state index contributed by atoms with van der Waals surface area (Å²) in [7, 11) is 0. The average molecular weight is 281 g/mol. The Hall–Kier alpha value is -2.89. The van der Waals surface area contributed by atoms with Crippen molar-refractivity contribution in [3.8, 4) is 11.4 Å². The molecule has 0 atom stereocenters. The predicted molar refractivity (Wildman–Crippen MR) is 79.3 cm³/mol. The number of hydrogen-bond acceptors (Lipinski definition) is 5. The van der Waals surface area contributed by atoms with Crippen molar-refractivity contribution in [1.29, 1.82) is 0 Å². The highest BCUT2D eigenvalue weighted by Gasteiger charge is 2.04. The van der Waals surface area contributed by atoms with Crippen LogP contribution in [0, 0.1) is 6.92 Å². The van der Waals surface area contributed by atoms with E-state index in [-0.39, 0.29) is 5.75 Å². The molecule has 0 unspecified atom stereocenters. The Morgan fingerprint density at radius 2 is 1.95 bits per heavy atom. The zero-order valence-corrected chi connectivity index (χ0v) is 11.6. The molecule has 2 aromatic carbocycles. The third-order valence-electron chi connectivity index (χ3n) is 3.15.